The van der Waals surface area contributed by atoms with E-state index in [2.05, 4.69) is 0 Å². The van der Waals surface area contributed by atoms with Gasteiger partial charge < -0.3 is 24.8 Å². The van der Waals surface area contributed by atoms with Gasteiger partial charge in [0.25, 0.3) is 0 Å². The number of carbonyl (C=O) groups excluding carboxylic acids is 2. The van der Waals surface area contributed by atoms with Gasteiger partial charge in [0.1, 0.15) is 11.6 Å². The zero-order chi connectivity index (χ0) is 20.4. The first-order valence-corrected chi connectivity index (χ1v) is 8.96. The van der Waals surface area contributed by atoms with Crippen molar-refractivity contribution in [2.24, 2.45) is 5.41 Å². The Bertz CT molecular complexity index is 589. The minimum atomic E-state index is -0.667. The number of aliphatic hydroxyl groups excluding tert-OH is 3. The molecule has 0 heterocycles. The number of ketones is 2. The van der Waals surface area contributed by atoms with Crippen LogP contribution in [0.2, 0.25) is 0 Å². The lowest BCUT2D eigenvalue weighted by Gasteiger charge is -2.24. The summed E-state index contributed by atoms with van der Waals surface area (Å²) in [5.74, 6) is 1.28. The Morgan fingerprint density at radius 3 is 1.85 bits per heavy atom. The predicted octanol–water partition coefficient (Wildman–Crippen LogP) is 1.47. The molecule has 1 saturated carbocycles. The summed E-state index contributed by atoms with van der Waals surface area (Å²) in [5, 5.41) is 26.0. The van der Waals surface area contributed by atoms with E-state index in [1.54, 1.807) is 20.3 Å². The van der Waals surface area contributed by atoms with Crippen molar-refractivity contribution in [1.29, 1.82) is 0 Å². The Balaban J connectivity index is 0.000000345. The fourth-order valence-electron chi connectivity index (χ4n) is 2.81. The van der Waals surface area contributed by atoms with Crippen LogP contribution in [-0.4, -0.2) is 60.9 Å². The smallest absolute Gasteiger partial charge is 0.160 e. The first-order valence-electron chi connectivity index (χ1n) is 8.96. The molecule has 1 aliphatic rings. The average molecular weight is 382 g/mol. The highest BCUT2D eigenvalue weighted by atomic mass is 16.5. The molecule has 0 spiro atoms. The molecule has 152 valence electrons. The molecule has 0 aromatic heterocycles. The molecule has 7 heteroatoms. The van der Waals surface area contributed by atoms with E-state index in [4.69, 9.17) is 24.8 Å². The van der Waals surface area contributed by atoms with Gasteiger partial charge >= 0.3 is 0 Å². The molecule has 0 amide bonds. The fraction of sp³-hybridized carbons (Fsp3) is 0.600. The maximum atomic E-state index is 11.5. The van der Waals surface area contributed by atoms with Gasteiger partial charge in [-0.3, -0.25) is 9.59 Å². The highest BCUT2D eigenvalue weighted by molar-refractivity contribution is 6.02. The standard InChI is InChI=1S/C14H16O4.C6H14O3/c1-17-13-4-3-9(7-14(13)18-2)10-5-11(15)8-12(16)6-10;1-2-6(3-7,4-8)5-9/h3-4,7,10H,5-6,8H2,1-2H3;7-9H,2-5H2,1H3. The van der Waals surface area contributed by atoms with E-state index in [1.807, 2.05) is 19.1 Å². The van der Waals surface area contributed by atoms with Crippen LogP contribution in [0.15, 0.2) is 18.2 Å². The first-order chi connectivity index (χ1) is 12.9. The number of methoxy groups -OCH3 is 2. The molecule has 0 radical (unpaired) electrons. The Labute approximate surface area is 159 Å². The van der Waals surface area contributed by atoms with Gasteiger partial charge in [-0.25, -0.2) is 0 Å². The summed E-state index contributed by atoms with van der Waals surface area (Å²) in [4.78, 5) is 22.9. The van der Waals surface area contributed by atoms with Crippen molar-refractivity contribution in [3.8, 4) is 11.5 Å². The van der Waals surface area contributed by atoms with Gasteiger partial charge in [-0.15, -0.1) is 0 Å². The molecule has 1 aromatic rings. The van der Waals surface area contributed by atoms with Crippen LogP contribution in [0.25, 0.3) is 0 Å². The molecular weight excluding hydrogens is 352 g/mol. The zero-order valence-corrected chi connectivity index (χ0v) is 16.2. The van der Waals surface area contributed by atoms with Gasteiger partial charge in [-0.1, -0.05) is 13.0 Å². The van der Waals surface area contributed by atoms with E-state index in [1.165, 1.54) is 0 Å². The van der Waals surface area contributed by atoms with E-state index >= 15 is 0 Å². The van der Waals surface area contributed by atoms with Crippen LogP contribution in [0.1, 0.15) is 44.1 Å². The van der Waals surface area contributed by atoms with Gasteiger partial charge in [0.05, 0.1) is 40.5 Å². The molecule has 1 fully saturated rings. The maximum Gasteiger partial charge on any atom is 0.160 e. The van der Waals surface area contributed by atoms with E-state index in [0.717, 1.165) is 5.56 Å². The maximum absolute atomic E-state index is 11.5. The molecule has 1 aromatic carbocycles. The summed E-state index contributed by atoms with van der Waals surface area (Å²) in [6, 6.07) is 5.53. The molecule has 3 N–H and O–H groups in total. The number of hydrogen-bond acceptors (Lipinski definition) is 7. The number of ether oxygens (including phenoxy) is 2. The van der Waals surface area contributed by atoms with Crippen molar-refractivity contribution in [3.05, 3.63) is 23.8 Å². The van der Waals surface area contributed by atoms with E-state index in [9.17, 15) is 9.59 Å². The lowest BCUT2D eigenvalue weighted by Crippen LogP contribution is -2.32. The average Bonchev–Trinajstić information content (AvgIpc) is 2.69. The third kappa shape index (κ3) is 6.30. The van der Waals surface area contributed by atoms with Gasteiger partial charge in [0.2, 0.25) is 0 Å². The van der Waals surface area contributed by atoms with E-state index in [0.29, 0.717) is 30.8 Å². The quantitative estimate of drug-likeness (QED) is 0.612. The SMILES string of the molecule is CCC(CO)(CO)CO.COc1ccc(C2CC(=O)CC(=O)C2)cc1OC. The number of aliphatic hydroxyl groups is 3. The number of benzene rings is 1. The van der Waals surface area contributed by atoms with Crippen LogP contribution in [-0.2, 0) is 9.59 Å². The second-order valence-electron chi connectivity index (χ2n) is 6.80. The normalized spacial score (nSPS) is 15.2. The van der Waals surface area contributed by atoms with Crippen molar-refractivity contribution < 1.29 is 34.4 Å². The minimum Gasteiger partial charge on any atom is -0.493 e. The van der Waals surface area contributed by atoms with Crippen molar-refractivity contribution in [3.63, 3.8) is 0 Å². The van der Waals surface area contributed by atoms with Crippen molar-refractivity contribution in [2.45, 2.75) is 38.5 Å². The molecule has 0 unspecified atom stereocenters. The van der Waals surface area contributed by atoms with Crippen LogP contribution < -0.4 is 9.47 Å². The van der Waals surface area contributed by atoms with Crippen molar-refractivity contribution in [2.75, 3.05) is 34.0 Å². The third-order valence-electron chi connectivity index (χ3n) is 4.98. The van der Waals surface area contributed by atoms with Crippen LogP contribution in [0, 0.1) is 5.41 Å². The third-order valence-corrected chi connectivity index (χ3v) is 4.98. The van der Waals surface area contributed by atoms with Gasteiger partial charge in [0, 0.05) is 18.3 Å². The van der Waals surface area contributed by atoms with Crippen LogP contribution in [0.4, 0.5) is 0 Å². The van der Waals surface area contributed by atoms with E-state index < -0.39 is 5.41 Å². The first kappa shape index (κ1) is 23.1. The molecule has 27 heavy (non-hydrogen) atoms. The fourth-order valence-corrected chi connectivity index (χ4v) is 2.81. The zero-order valence-electron chi connectivity index (χ0n) is 16.2. The summed E-state index contributed by atoms with van der Waals surface area (Å²) in [6.45, 7) is 1.35. The molecule has 1 aliphatic carbocycles. The molecule has 0 atom stereocenters. The number of rotatable bonds is 7. The van der Waals surface area contributed by atoms with Gasteiger partial charge in [0.15, 0.2) is 11.5 Å². The lowest BCUT2D eigenvalue weighted by atomic mass is 9.82. The largest absolute Gasteiger partial charge is 0.493 e. The van der Waals surface area contributed by atoms with Crippen LogP contribution >= 0.6 is 0 Å². The summed E-state index contributed by atoms with van der Waals surface area (Å²) in [6.07, 6.45) is 1.54. The summed E-state index contributed by atoms with van der Waals surface area (Å²) in [5.41, 5.74) is 0.286. The molecule has 0 aliphatic heterocycles. The Hall–Kier alpha value is -1.96. The van der Waals surface area contributed by atoms with E-state index in [-0.39, 0.29) is 43.7 Å². The number of hydrogen-bond donors (Lipinski definition) is 3. The van der Waals surface area contributed by atoms with Crippen LogP contribution in [0.3, 0.4) is 0 Å². The van der Waals surface area contributed by atoms with Crippen molar-refractivity contribution in [1.82, 2.24) is 0 Å². The number of Topliss-reactive ketones (excluding diaryl/α,β-unsaturated/α-hetero) is 2. The second-order valence-corrected chi connectivity index (χ2v) is 6.80. The molecule has 2 rings (SSSR count). The molecular formula is C20H30O7. The Morgan fingerprint density at radius 1 is 0.963 bits per heavy atom. The predicted molar refractivity (Wildman–Crippen MR) is 100 cm³/mol. The molecule has 7 nitrogen and oxygen atoms in total. The monoisotopic (exact) mass is 382 g/mol. The minimum absolute atomic E-state index is 0.0195. The highest BCUT2D eigenvalue weighted by Crippen LogP contribution is 2.35. The Kier molecular flexibility index (Phi) is 9.41. The van der Waals surface area contributed by atoms with Gasteiger partial charge in [-0.2, -0.15) is 0 Å². The summed E-state index contributed by atoms with van der Waals surface area (Å²) >= 11 is 0. The Morgan fingerprint density at radius 2 is 1.48 bits per heavy atom. The molecule has 0 bridgehead atoms. The number of carbonyl (C=O) groups is 2. The lowest BCUT2D eigenvalue weighted by molar-refractivity contribution is -0.130. The van der Waals surface area contributed by atoms with Crippen molar-refractivity contribution >= 4 is 11.6 Å². The second kappa shape index (κ2) is 11.0. The van der Waals surface area contributed by atoms with Gasteiger partial charge in [-0.05, 0) is 30.0 Å². The summed E-state index contributed by atoms with van der Waals surface area (Å²) < 4.78 is 10.4. The summed E-state index contributed by atoms with van der Waals surface area (Å²) in [7, 11) is 3.14. The topological polar surface area (TPSA) is 113 Å². The van der Waals surface area contributed by atoms with Crippen LogP contribution in [0.5, 0.6) is 11.5 Å². The highest BCUT2D eigenvalue weighted by Gasteiger charge is 2.27. The molecule has 0 saturated heterocycles.